The van der Waals surface area contributed by atoms with Gasteiger partial charge in [0.1, 0.15) is 6.10 Å². The first kappa shape index (κ1) is 18.3. The highest BCUT2D eigenvalue weighted by molar-refractivity contribution is 5.66. The van der Waals surface area contributed by atoms with Crippen molar-refractivity contribution >= 4 is 5.69 Å². The van der Waals surface area contributed by atoms with E-state index >= 15 is 0 Å². The molecule has 0 unspecified atom stereocenters. The SMILES string of the molecule is FC(F)(F)c1ccc(O[C@H]2CCN(c3ccc(-c4ccccc4)cc3)C2)nc1. The van der Waals surface area contributed by atoms with Gasteiger partial charge in [-0.25, -0.2) is 4.98 Å². The second-order valence-electron chi connectivity index (χ2n) is 6.77. The van der Waals surface area contributed by atoms with Crippen molar-refractivity contribution < 1.29 is 17.9 Å². The summed E-state index contributed by atoms with van der Waals surface area (Å²) in [5.41, 5.74) is 2.66. The van der Waals surface area contributed by atoms with Crippen LogP contribution in [0.15, 0.2) is 72.9 Å². The van der Waals surface area contributed by atoms with Crippen molar-refractivity contribution in [2.24, 2.45) is 0 Å². The van der Waals surface area contributed by atoms with Crippen molar-refractivity contribution in [3.63, 3.8) is 0 Å². The number of benzene rings is 2. The lowest BCUT2D eigenvalue weighted by atomic mass is 10.1. The van der Waals surface area contributed by atoms with Gasteiger partial charge in [0.05, 0.1) is 12.1 Å². The molecule has 0 saturated carbocycles. The van der Waals surface area contributed by atoms with Crippen LogP contribution in [0.25, 0.3) is 11.1 Å². The highest BCUT2D eigenvalue weighted by Gasteiger charge is 2.31. The quantitative estimate of drug-likeness (QED) is 0.600. The van der Waals surface area contributed by atoms with Crippen LogP contribution in [0.1, 0.15) is 12.0 Å². The van der Waals surface area contributed by atoms with Crippen LogP contribution in [0, 0.1) is 0 Å². The molecule has 6 heteroatoms. The number of ether oxygens (including phenoxy) is 1. The molecule has 1 saturated heterocycles. The van der Waals surface area contributed by atoms with Gasteiger partial charge in [-0.1, -0.05) is 42.5 Å². The molecule has 1 atom stereocenters. The summed E-state index contributed by atoms with van der Waals surface area (Å²) in [4.78, 5) is 6.00. The monoisotopic (exact) mass is 384 g/mol. The summed E-state index contributed by atoms with van der Waals surface area (Å²) in [7, 11) is 0. The second kappa shape index (κ2) is 7.54. The van der Waals surface area contributed by atoms with Gasteiger partial charge in [0, 0.05) is 30.9 Å². The van der Waals surface area contributed by atoms with E-state index in [4.69, 9.17) is 4.74 Å². The van der Waals surface area contributed by atoms with Crippen LogP contribution in [-0.2, 0) is 6.18 Å². The summed E-state index contributed by atoms with van der Waals surface area (Å²) in [6.45, 7) is 1.50. The fraction of sp³-hybridized carbons (Fsp3) is 0.227. The van der Waals surface area contributed by atoms with E-state index in [1.54, 1.807) is 0 Å². The molecule has 1 fully saturated rings. The van der Waals surface area contributed by atoms with E-state index in [0.717, 1.165) is 36.5 Å². The topological polar surface area (TPSA) is 25.4 Å². The zero-order valence-corrected chi connectivity index (χ0v) is 15.1. The van der Waals surface area contributed by atoms with E-state index in [1.165, 1.54) is 11.6 Å². The molecule has 0 bridgehead atoms. The molecule has 2 heterocycles. The summed E-state index contributed by atoms with van der Waals surface area (Å²) in [6, 6.07) is 20.8. The summed E-state index contributed by atoms with van der Waals surface area (Å²) in [5.74, 6) is 0.222. The number of aromatic nitrogens is 1. The van der Waals surface area contributed by atoms with Gasteiger partial charge in [0.15, 0.2) is 0 Å². The second-order valence-corrected chi connectivity index (χ2v) is 6.77. The number of anilines is 1. The van der Waals surface area contributed by atoms with Gasteiger partial charge in [-0.3, -0.25) is 0 Å². The first-order chi connectivity index (χ1) is 13.5. The van der Waals surface area contributed by atoms with Gasteiger partial charge in [-0.2, -0.15) is 13.2 Å². The van der Waals surface area contributed by atoms with E-state index in [-0.39, 0.29) is 12.0 Å². The number of hydrogen-bond donors (Lipinski definition) is 0. The molecule has 0 aliphatic carbocycles. The third-order valence-electron chi connectivity index (χ3n) is 4.84. The predicted octanol–water partition coefficient (Wildman–Crippen LogP) is 5.43. The molecule has 4 rings (SSSR count). The Labute approximate surface area is 161 Å². The van der Waals surface area contributed by atoms with Gasteiger partial charge in [-0.05, 0) is 29.3 Å². The normalized spacial score (nSPS) is 17.0. The third-order valence-corrected chi connectivity index (χ3v) is 4.84. The van der Waals surface area contributed by atoms with Gasteiger partial charge < -0.3 is 9.64 Å². The Bertz CT molecular complexity index is 909. The van der Waals surface area contributed by atoms with Gasteiger partial charge in [0.2, 0.25) is 5.88 Å². The van der Waals surface area contributed by atoms with Crippen LogP contribution in [0.2, 0.25) is 0 Å². The summed E-state index contributed by atoms with van der Waals surface area (Å²) in [5, 5.41) is 0. The first-order valence-electron chi connectivity index (χ1n) is 9.09. The van der Waals surface area contributed by atoms with Crippen LogP contribution in [0.4, 0.5) is 18.9 Å². The molecule has 144 valence electrons. The fourth-order valence-electron chi connectivity index (χ4n) is 3.34. The summed E-state index contributed by atoms with van der Waals surface area (Å²) >= 11 is 0. The third kappa shape index (κ3) is 4.11. The summed E-state index contributed by atoms with van der Waals surface area (Å²) in [6.07, 6.45) is -2.88. The maximum absolute atomic E-state index is 12.6. The molecule has 0 radical (unpaired) electrons. The molecule has 2 aromatic carbocycles. The molecule has 3 aromatic rings. The smallest absolute Gasteiger partial charge is 0.417 e. The van der Waals surface area contributed by atoms with Crippen molar-refractivity contribution in [1.29, 1.82) is 0 Å². The molecule has 28 heavy (non-hydrogen) atoms. The average Bonchev–Trinajstić information content (AvgIpc) is 3.17. The highest BCUT2D eigenvalue weighted by atomic mass is 19.4. The van der Waals surface area contributed by atoms with Crippen molar-refractivity contribution in [3.05, 3.63) is 78.5 Å². The molecule has 3 nitrogen and oxygen atoms in total. The molecule has 0 spiro atoms. The minimum Gasteiger partial charge on any atom is -0.472 e. The first-order valence-corrected chi connectivity index (χ1v) is 9.09. The van der Waals surface area contributed by atoms with E-state index in [2.05, 4.69) is 46.3 Å². The minimum absolute atomic E-state index is 0.0990. The van der Waals surface area contributed by atoms with Crippen LogP contribution < -0.4 is 9.64 Å². The van der Waals surface area contributed by atoms with Crippen LogP contribution in [-0.4, -0.2) is 24.2 Å². The minimum atomic E-state index is -4.39. The molecule has 1 aliphatic rings. The molecular formula is C22H19F3N2O. The largest absolute Gasteiger partial charge is 0.472 e. The molecular weight excluding hydrogens is 365 g/mol. The zero-order chi connectivity index (χ0) is 19.6. The molecule has 1 aliphatic heterocycles. The lowest BCUT2D eigenvalue weighted by Crippen LogP contribution is -2.24. The summed E-state index contributed by atoms with van der Waals surface area (Å²) < 4.78 is 43.6. The van der Waals surface area contributed by atoms with Crippen LogP contribution in [0.5, 0.6) is 5.88 Å². The molecule has 1 aromatic heterocycles. The number of halogens is 3. The van der Waals surface area contributed by atoms with Gasteiger partial charge in [0.25, 0.3) is 0 Å². The standard InChI is InChI=1S/C22H19F3N2O/c23-22(24,25)18-8-11-21(26-14-18)28-20-12-13-27(15-20)19-9-6-17(7-10-19)16-4-2-1-3-5-16/h1-11,14,20H,12-13,15H2/t20-/m0/s1. The maximum atomic E-state index is 12.6. The number of hydrogen-bond acceptors (Lipinski definition) is 3. The van der Waals surface area contributed by atoms with Gasteiger partial charge in [-0.15, -0.1) is 0 Å². The van der Waals surface area contributed by atoms with Crippen molar-refractivity contribution in [2.45, 2.75) is 18.7 Å². The molecule has 0 amide bonds. The number of alkyl halides is 3. The highest BCUT2D eigenvalue weighted by Crippen LogP contribution is 2.30. The lowest BCUT2D eigenvalue weighted by molar-refractivity contribution is -0.137. The number of pyridine rings is 1. The Morgan fingerprint density at radius 3 is 2.25 bits per heavy atom. The fourth-order valence-corrected chi connectivity index (χ4v) is 3.34. The van der Waals surface area contributed by atoms with E-state index in [1.807, 2.05) is 18.2 Å². The van der Waals surface area contributed by atoms with Crippen LogP contribution >= 0.6 is 0 Å². The zero-order valence-electron chi connectivity index (χ0n) is 15.1. The Kier molecular flexibility index (Phi) is 4.94. The Hall–Kier alpha value is -3.02. The van der Waals surface area contributed by atoms with E-state index in [9.17, 15) is 13.2 Å². The molecule has 0 N–H and O–H groups in total. The number of nitrogens with zero attached hydrogens (tertiary/aromatic N) is 2. The van der Waals surface area contributed by atoms with Crippen molar-refractivity contribution in [1.82, 2.24) is 4.98 Å². The Morgan fingerprint density at radius 1 is 0.893 bits per heavy atom. The predicted molar refractivity (Wildman–Crippen MR) is 102 cm³/mol. The van der Waals surface area contributed by atoms with E-state index in [0.29, 0.717) is 6.54 Å². The lowest BCUT2D eigenvalue weighted by Gasteiger charge is -2.19. The number of rotatable bonds is 4. The van der Waals surface area contributed by atoms with Gasteiger partial charge >= 0.3 is 6.18 Å². The van der Waals surface area contributed by atoms with Crippen molar-refractivity contribution in [3.8, 4) is 17.0 Å². The average molecular weight is 384 g/mol. The Balaban J connectivity index is 1.37. The van der Waals surface area contributed by atoms with Crippen molar-refractivity contribution in [2.75, 3.05) is 18.0 Å². The van der Waals surface area contributed by atoms with Crippen LogP contribution in [0.3, 0.4) is 0 Å². The van der Waals surface area contributed by atoms with E-state index < -0.39 is 11.7 Å². The Morgan fingerprint density at radius 2 is 1.61 bits per heavy atom. The maximum Gasteiger partial charge on any atom is 0.417 e.